The topological polar surface area (TPSA) is 45.8 Å². The van der Waals surface area contributed by atoms with Crippen LogP contribution in [0.15, 0.2) is 17.1 Å². The molecule has 11 heavy (non-hydrogen) atoms. The highest BCUT2D eigenvalue weighted by molar-refractivity contribution is 7.18. The SMILES string of the molecule is Cc1cc2cnc(=O)[nH]c2s1. The third-order valence-corrected chi connectivity index (χ3v) is 2.41. The van der Waals surface area contributed by atoms with E-state index in [1.807, 2.05) is 13.0 Å². The molecule has 0 radical (unpaired) electrons. The maximum absolute atomic E-state index is 10.7. The molecular weight excluding hydrogens is 160 g/mol. The van der Waals surface area contributed by atoms with Crippen LogP contribution in [-0.4, -0.2) is 9.97 Å². The smallest absolute Gasteiger partial charge is 0.297 e. The molecule has 4 heteroatoms. The molecule has 0 atom stereocenters. The summed E-state index contributed by atoms with van der Waals surface area (Å²) in [6, 6.07) is 2.00. The fourth-order valence-electron chi connectivity index (χ4n) is 0.985. The molecule has 3 nitrogen and oxygen atoms in total. The van der Waals surface area contributed by atoms with Gasteiger partial charge in [0.05, 0.1) is 0 Å². The average molecular weight is 166 g/mol. The molecule has 2 aromatic rings. The van der Waals surface area contributed by atoms with E-state index < -0.39 is 0 Å². The average Bonchev–Trinajstić information content (AvgIpc) is 2.27. The van der Waals surface area contributed by atoms with Gasteiger partial charge in [0, 0.05) is 16.5 Å². The van der Waals surface area contributed by atoms with Crippen LogP contribution in [0, 0.1) is 6.92 Å². The molecule has 0 aliphatic carbocycles. The van der Waals surface area contributed by atoms with Crippen LogP contribution in [0.4, 0.5) is 0 Å². The van der Waals surface area contributed by atoms with Gasteiger partial charge < -0.3 is 0 Å². The minimum absolute atomic E-state index is 0.278. The van der Waals surface area contributed by atoms with E-state index in [-0.39, 0.29) is 5.69 Å². The molecule has 0 aliphatic heterocycles. The van der Waals surface area contributed by atoms with Crippen molar-refractivity contribution in [2.24, 2.45) is 0 Å². The van der Waals surface area contributed by atoms with Crippen LogP contribution >= 0.6 is 11.3 Å². The fourth-order valence-corrected chi connectivity index (χ4v) is 1.86. The normalized spacial score (nSPS) is 10.6. The van der Waals surface area contributed by atoms with Crippen LogP contribution in [-0.2, 0) is 0 Å². The van der Waals surface area contributed by atoms with Crippen LogP contribution < -0.4 is 5.69 Å². The second-order valence-corrected chi connectivity index (χ2v) is 3.59. The molecule has 56 valence electrons. The van der Waals surface area contributed by atoms with Gasteiger partial charge in [-0.2, -0.15) is 0 Å². The second-order valence-electron chi connectivity index (χ2n) is 2.33. The highest BCUT2D eigenvalue weighted by Gasteiger charge is 1.97. The molecule has 0 aliphatic rings. The second kappa shape index (κ2) is 2.17. The lowest BCUT2D eigenvalue weighted by Crippen LogP contribution is -2.06. The number of rotatable bonds is 0. The van der Waals surface area contributed by atoms with Crippen molar-refractivity contribution >= 4 is 21.6 Å². The molecular formula is C7H6N2OS. The molecule has 0 saturated carbocycles. The number of aromatic nitrogens is 2. The number of nitrogens with one attached hydrogen (secondary N) is 1. The van der Waals surface area contributed by atoms with Crippen molar-refractivity contribution in [3.8, 4) is 0 Å². The Morgan fingerprint density at radius 1 is 1.64 bits per heavy atom. The van der Waals surface area contributed by atoms with Crippen molar-refractivity contribution in [1.82, 2.24) is 9.97 Å². The van der Waals surface area contributed by atoms with E-state index in [2.05, 4.69) is 9.97 Å². The van der Waals surface area contributed by atoms with E-state index in [9.17, 15) is 4.79 Å². The summed E-state index contributed by atoms with van der Waals surface area (Å²) in [7, 11) is 0. The Bertz CT molecular complexity index is 443. The van der Waals surface area contributed by atoms with E-state index in [0.717, 1.165) is 10.2 Å². The van der Waals surface area contributed by atoms with Gasteiger partial charge in [-0.1, -0.05) is 0 Å². The van der Waals surface area contributed by atoms with Crippen molar-refractivity contribution in [1.29, 1.82) is 0 Å². The minimum atomic E-state index is -0.278. The van der Waals surface area contributed by atoms with Crippen LogP contribution in [0.3, 0.4) is 0 Å². The number of aromatic amines is 1. The van der Waals surface area contributed by atoms with Crippen molar-refractivity contribution in [3.63, 3.8) is 0 Å². The van der Waals surface area contributed by atoms with Gasteiger partial charge in [0.15, 0.2) is 0 Å². The standard InChI is InChI=1S/C7H6N2OS/c1-4-2-5-3-8-7(10)9-6(5)11-4/h2-3H,1H3,(H,8,9,10). The molecule has 1 N–H and O–H groups in total. The van der Waals surface area contributed by atoms with Gasteiger partial charge in [0.25, 0.3) is 0 Å². The summed E-state index contributed by atoms with van der Waals surface area (Å²) in [5, 5.41) is 1.01. The van der Waals surface area contributed by atoms with Gasteiger partial charge in [-0.15, -0.1) is 11.3 Å². The van der Waals surface area contributed by atoms with Gasteiger partial charge in [0.2, 0.25) is 0 Å². The van der Waals surface area contributed by atoms with Crippen LogP contribution in [0.2, 0.25) is 0 Å². The first-order chi connectivity index (χ1) is 5.25. The Balaban J connectivity index is 2.92. The lowest BCUT2D eigenvalue weighted by Gasteiger charge is -1.83. The Morgan fingerprint density at radius 2 is 2.45 bits per heavy atom. The molecule has 0 bridgehead atoms. The van der Waals surface area contributed by atoms with Gasteiger partial charge in [-0.3, -0.25) is 4.98 Å². The molecule has 0 saturated heterocycles. The third kappa shape index (κ3) is 1.05. The summed E-state index contributed by atoms with van der Waals surface area (Å²) in [5.74, 6) is 0. The van der Waals surface area contributed by atoms with Crippen LogP contribution in [0.1, 0.15) is 4.88 Å². The van der Waals surface area contributed by atoms with E-state index in [4.69, 9.17) is 0 Å². The van der Waals surface area contributed by atoms with Gasteiger partial charge in [-0.05, 0) is 13.0 Å². The number of nitrogens with zero attached hydrogens (tertiary/aromatic N) is 1. The Kier molecular flexibility index (Phi) is 1.29. The maximum atomic E-state index is 10.7. The summed E-state index contributed by atoms with van der Waals surface area (Å²) in [4.78, 5) is 19.1. The number of H-pyrrole nitrogens is 1. The third-order valence-electron chi connectivity index (χ3n) is 1.43. The van der Waals surface area contributed by atoms with Gasteiger partial charge >= 0.3 is 5.69 Å². The van der Waals surface area contributed by atoms with Crippen LogP contribution in [0.5, 0.6) is 0 Å². The van der Waals surface area contributed by atoms with E-state index in [1.54, 1.807) is 17.5 Å². The monoisotopic (exact) mass is 166 g/mol. The molecule has 2 rings (SSSR count). The summed E-state index contributed by atoms with van der Waals surface area (Å²) in [5.41, 5.74) is -0.278. The largest absolute Gasteiger partial charge is 0.345 e. The molecule has 2 heterocycles. The number of hydrogen-bond acceptors (Lipinski definition) is 3. The quantitative estimate of drug-likeness (QED) is 0.641. The van der Waals surface area contributed by atoms with Crippen molar-refractivity contribution in [2.45, 2.75) is 6.92 Å². The van der Waals surface area contributed by atoms with Crippen molar-refractivity contribution < 1.29 is 0 Å². The highest BCUT2D eigenvalue weighted by atomic mass is 32.1. The first kappa shape index (κ1) is 6.54. The number of hydrogen-bond donors (Lipinski definition) is 1. The number of thiophene rings is 1. The van der Waals surface area contributed by atoms with Gasteiger partial charge in [-0.25, -0.2) is 9.78 Å². The lowest BCUT2D eigenvalue weighted by atomic mass is 10.4. The summed E-state index contributed by atoms with van der Waals surface area (Å²) in [6.45, 7) is 2.00. The zero-order chi connectivity index (χ0) is 7.84. The molecule has 0 aromatic carbocycles. The minimum Gasteiger partial charge on any atom is -0.297 e. The molecule has 0 spiro atoms. The van der Waals surface area contributed by atoms with Gasteiger partial charge in [0.1, 0.15) is 4.83 Å². The predicted molar refractivity (Wildman–Crippen MR) is 45.0 cm³/mol. The Morgan fingerprint density at radius 3 is 3.27 bits per heavy atom. The highest BCUT2D eigenvalue weighted by Crippen LogP contribution is 2.19. The number of fused-ring (bicyclic) bond motifs is 1. The first-order valence-electron chi connectivity index (χ1n) is 3.21. The summed E-state index contributed by atoms with van der Waals surface area (Å²) in [6.07, 6.45) is 1.59. The molecule has 0 unspecified atom stereocenters. The Hall–Kier alpha value is -1.16. The summed E-state index contributed by atoms with van der Waals surface area (Å²) >= 11 is 1.57. The molecule has 0 amide bonds. The fraction of sp³-hybridized carbons (Fsp3) is 0.143. The van der Waals surface area contributed by atoms with Crippen molar-refractivity contribution in [2.75, 3.05) is 0 Å². The number of aryl methyl sites for hydroxylation is 1. The van der Waals surface area contributed by atoms with E-state index in [1.165, 1.54) is 4.88 Å². The first-order valence-corrected chi connectivity index (χ1v) is 4.03. The van der Waals surface area contributed by atoms with Crippen molar-refractivity contribution in [3.05, 3.63) is 27.6 Å². The lowest BCUT2D eigenvalue weighted by molar-refractivity contribution is 1.13. The maximum Gasteiger partial charge on any atom is 0.345 e. The molecule has 2 aromatic heterocycles. The van der Waals surface area contributed by atoms with E-state index >= 15 is 0 Å². The van der Waals surface area contributed by atoms with Crippen LogP contribution in [0.25, 0.3) is 10.2 Å². The molecule has 0 fully saturated rings. The predicted octanol–water partition coefficient (Wildman–Crippen LogP) is 1.29. The van der Waals surface area contributed by atoms with E-state index in [0.29, 0.717) is 0 Å². The zero-order valence-corrected chi connectivity index (χ0v) is 6.73. The summed E-state index contributed by atoms with van der Waals surface area (Å²) < 4.78 is 0. The zero-order valence-electron chi connectivity index (χ0n) is 5.92. The Labute approximate surface area is 66.7 Å².